The molecule has 0 N–H and O–H groups in total. The Labute approximate surface area is 143 Å². The fourth-order valence-electron chi connectivity index (χ4n) is 4.36. The normalized spacial score (nSPS) is 32.2. The predicted molar refractivity (Wildman–Crippen MR) is 90.9 cm³/mol. The van der Waals surface area contributed by atoms with E-state index < -0.39 is 0 Å². The van der Waals surface area contributed by atoms with Gasteiger partial charge in [-0.15, -0.1) is 0 Å². The number of rotatable bonds is 1. The summed E-state index contributed by atoms with van der Waals surface area (Å²) < 4.78 is 12.7. The summed E-state index contributed by atoms with van der Waals surface area (Å²) in [5, 5.41) is 0. The summed E-state index contributed by atoms with van der Waals surface area (Å²) in [5.41, 5.74) is 3.47. The summed E-state index contributed by atoms with van der Waals surface area (Å²) in [6.45, 7) is 3.53. The summed E-state index contributed by atoms with van der Waals surface area (Å²) in [6, 6.07) is 4.24. The fourth-order valence-corrected chi connectivity index (χ4v) is 4.99. The summed E-state index contributed by atoms with van der Waals surface area (Å²) in [4.78, 5) is 7.15. The number of nitrogens with zero attached hydrogens (tertiary/aromatic N) is 2. The van der Waals surface area contributed by atoms with Crippen LogP contribution in [0.4, 0.5) is 0 Å². The zero-order chi connectivity index (χ0) is 14.7. The van der Waals surface area contributed by atoms with Gasteiger partial charge in [0.25, 0.3) is 0 Å². The van der Waals surface area contributed by atoms with Gasteiger partial charge in [-0.1, -0.05) is 0 Å². The third kappa shape index (κ3) is 1.88. The monoisotopic (exact) mass is 406 g/mol. The largest absolute Gasteiger partial charge is 0.469 e. The highest BCUT2D eigenvalue weighted by Gasteiger charge is 2.52. The Hall–Kier alpha value is -1.08. The van der Waals surface area contributed by atoms with Gasteiger partial charge in [-0.3, -0.25) is 4.90 Å². The first-order valence-corrected chi connectivity index (χ1v) is 8.95. The number of aromatic nitrogens is 1. The van der Waals surface area contributed by atoms with Crippen LogP contribution in [-0.2, 0) is 6.42 Å². The molecule has 2 bridgehead atoms. The van der Waals surface area contributed by atoms with Crippen LogP contribution < -0.4 is 4.74 Å². The molecule has 2 aromatic heterocycles. The molecule has 0 radical (unpaired) electrons. The molecule has 5 heteroatoms. The Morgan fingerprint density at radius 2 is 2.18 bits per heavy atom. The van der Waals surface area contributed by atoms with Crippen LogP contribution >= 0.6 is 22.6 Å². The summed E-state index contributed by atoms with van der Waals surface area (Å²) in [7, 11) is 0. The SMILES string of the molecule is [125I]c1occc1-c1cnc2c(c1)C[C@@]1(CN3CCC1CC3)O2. The zero-order valence-corrected chi connectivity index (χ0v) is 14.4. The first-order chi connectivity index (χ1) is 10.7. The van der Waals surface area contributed by atoms with E-state index in [-0.39, 0.29) is 5.60 Å². The van der Waals surface area contributed by atoms with Gasteiger partial charge in [-0.2, -0.15) is 0 Å². The highest BCUT2D eigenvalue weighted by molar-refractivity contribution is 14.1. The summed E-state index contributed by atoms with van der Waals surface area (Å²) in [5.74, 6) is 1.53. The number of hydrogen-bond donors (Lipinski definition) is 0. The zero-order valence-electron chi connectivity index (χ0n) is 12.2. The number of halogens is 1. The number of ether oxygens (including phenoxy) is 1. The Morgan fingerprint density at radius 3 is 2.86 bits per heavy atom. The number of furan rings is 1. The van der Waals surface area contributed by atoms with Gasteiger partial charge >= 0.3 is 0 Å². The topological polar surface area (TPSA) is 38.5 Å². The highest BCUT2D eigenvalue weighted by atomic mass is 125. The third-order valence-electron chi connectivity index (χ3n) is 5.47. The smallest absolute Gasteiger partial charge is 0.217 e. The fraction of sp³-hybridized carbons (Fsp3) is 0.471. The molecule has 114 valence electrons. The van der Waals surface area contributed by atoms with Crippen molar-refractivity contribution in [3.8, 4) is 17.0 Å². The van der Waals surface area contributed by atoms with E-state index in [4.69, 9.17) is 9.15 Å². The van der Waals surface area contributed by atoms with Crippen molar-refractivity contribution < 1.29 is 9.15 Å². The molecule has 0 aromatic carbocycles. The third-order valence-corrected chi connectivity index (χ3v) is 6.30. The molecular formula is C17H17IN2O2. The van der Waals surface area contributed by atoms with Crippen LogP contribution in [0.15, 0.2) is 29.0 Å². The quantitative estimate of drug-likeness (QED) is 0.682. The summed E-state index contributed by atoms with van der Waals surface area (Å²) >= 11 is 2.23. The van der Waals surface area contributed by atoms with E-state index >= 15 is 0 Å². The van der Waals surface area contributed by atoms with Crippen molar-refractivity contribution in [3.05, 3.63) is 33.9 Å². The maximum Gasteiger partial charge on any atom is 0.217 e. The van der Waals surface area contributed by atoms with Gasteiger partial charge < -0.3 is 9.15 Å². The molecule has 6 rings (SSSR count). The number of piperidine rings is 3. The van der Waals surface area contributed by atoms with E-state index in [1.54, 1.807) is 6.26 Å². The lowest BCUT2D eigenvalue weighted by atomic mass is 9.73. The maximum atomic E-state index is 6.39. The van der Waals surface area contributed by atoms with Crippen molar-refractivity contribution in [1.29, 1.82) is 0 Å². The minimum Gasteiger partial charge on any atom is -0.469 e. The Balaban J connectivity index is 1.51. The molecule has 4 aliphatic rings. The predicted octanol–water partition coefficient (Wildman–Crippen LogP) is 3.35. The van der Waals surface area contributed by atoms with Crippen LogP contribution in [0.25, 0.3) is 11.1 Å². The average molecular weight is 406 g/mol. The minimum absolute atomic E-state index is 0.0198. The van der Waals surface area contributed by atoms with Gasteiger partial charge in [0.15, 0.2) is 3.77 Å². The van der Waals surface area contributed by atoms with Crippen LogP contribution in [0, 0.1) is 9.68 Å². The second-order valence-corrected chi connectivity index (χ2v) is 7.67. The van der Waals surface area contributed by atoms with Crippen LogP contribution in [0.5, 0.6) is 5.88 Å². The Bertz CT molecular complexity index is 736. The molecular weight excluding hydrogens is 389 g/mol. The van der Waals surface area contributed by atoms with Gasteiger partial charge in [0.2, 0.25) is 5.88 Å². The van der Waals surface area contributed by atoms with E-state index in [0.717, 1.165) is 33.7 Å². The van der Waals surface area contributed by atoms with Crippen LogP contribution in [0.3, 0.4) is 0 Å². The van der Waals surface area contributed by atoms with Crippen molar-refractivity contribution in [2.45, 2.75) is 24.9 Å². The van der Waals surface area contributed by atoms with Crippen LogP contribution in [0.2, 0.25) is 0 Å². The minimum atomic E-state index is -0.0198. The van der Waals surface area contributed by atoms with Gasteiger partial charge in [-0.05, 0) is 38.1 Å². The molecule has 2 aromatic rings. The number of pyridine rings is 1. The van der Waals surface area contributed by atoms with Crippen molar-refractivity contribution in [2.24, 2.45) is 5.92 Å². The van der Waals surface area contributed by atoms with E-state index in [2.05, 4.69) is 38.5 Å². The average Bonchev–Trinajstić information content (AvgIpc) is 3.10. The van der Waals surface area contributed by atoms with E-state index in [1.165, 1.54) is 31.5 Å². The molecule has 0 unspecified atom stereocenters. The maximum absolute atomic E-state index is 6.39. The summed E-state index contributed by atoms with van der Waals surface area (Å²) in [6.07, 6.45) is 7.17. The molecule has 3 saturated heterocycles. The lowest BCUT2D eigenvalue weighted by Gasteiger charge is -2.50. The molecule has 1 atom stereocenters. The standard InChI is InChI=1S/C17H17IN2O2/c18-15-14(3-6-21-15)12-7-11-8-17(22-16(11)19-9-12)10-20-4-1-13(17)2-5-20/h3,6-7,9,13H,1-2,4-5,8,10H2/t17-/m0/s1/i18-2. The lowest BCUT2D eigenvalue weighted by molar-refractivity contribution is -0.0814. The molecule has 3 fully saturated rings. The van der Waals surface area contributed by atoms with E-state index in [1.807, 2.05) is 12.3 Å². The van der Waals surface area contributed by atoms with Crippen molar-refractivity contribution in [2.75, 3.05) is 19.6 Å². The second kappa shape index (κ2) is 4.71. The van der Waals surface area contributed by atoms with Crippen molar-refractivity contribution in [1.82, 2.24) is 9.88 Å². The Morgan fingerprint density at radius 1 is 1.32 bits per heavy atom. The Kier molecular flexibility index (Phi) is 2.86. The van der Waals surface area contributed by atoms with E-state index in [0.29, 0.717) is 5.92 Å². The second-order valence-electron chi connectivity index (χ2n) is 6.69. The highest BCUT2D eigenvalue weighted by Crippen LogP contribution is 2.46. The first-order valence-electron chi connectivity index (χ1n) is 7.87. The van der Waals surface area contributed by atoms with Crippen molar-refractivity contribution >= 4 is 22.6 Å². The molecule has 1 spiro atoms. The molecule has 22 heavy (non-hydrogen) atoms. The number of hydrogen-bond acceptors (Lipinski definition) is 4. The number of fused-ring (bicyclic) bond motifs is 3. The molecule has 6 heterocycles. The molecule has 0 saturated carbocycles. The van der Waals surface area contributed by atoms with Crippen LogP contribution in [0.1, 0.15) is 18.4 Å². The first kappa shape index (κ1) is 13.4. The van der Waals surface area contributed by atoms with Gasteiger partial charge in [0.1, 0.15) is 5.60 Å². The molecule has 0 amide bonds. The molecule has 0 aliphatic carbocycles. The van der Waals surface area contributed by atoms with Gasteiger partial charge in [-0.25, -0.2) is 4.98 Å². The van der Waals surface area contributed by atoms with E-state index in [9.17, 15) is 0 Å². The molecule has 4 nitrogen and oxygen atoms in total. The van der Waals surface area contributed by atoms with Crippen LogP contribution in [-0.4, -0.2) is 35.1 Å². The van der Waals surface area contributed by atoms with Gasteiger partial charge in [0, 0.05) is 64.4 Å². The lowest BCUT2D eigenvalue weighted by Crippen LogP contribution is -2.61. The van der Waals surface area contributed by atoms with Crippen molar-refractivity contribution in [3.63, 3.8) is 0 Å². The van der Waals surface area contributed by atoms with Gasteiger partial charge in [0.05, 0.1) is 6.26 Å². The molecule has 4 aliphatic heterocycles.